The van der Waals surface area contributed by atoms with Crippen LogP contribution in [0.15, 0.2) is 66.8 Å². The molecule has 3 heteroatoms. The summed E-state index contributed by atoms with van der Waals surface area (Å²) < 4.78 is 0. The van der Waals surface area contributed by atoms with Gasteiger partial charge in [0.2, 0.25) is 0 Å². The van der Waals surface area contributed by atoms with E-state index >= 15 is 0 Å². The zero-order chi connectivity index (χ0) is 17.1. The van der Waals surface area contributed by atoms with Crippen molar-refractivity contribution in [1.82, 2.24) is 4.90 Å². The van der Waals surface area contributed by atoms with Crippen LogP contribution >= 0.6 is 0 Å². The van der Waals surface area contributed by atoms with E-state index in [0.717, 1.165) is 0 Å². The van der Waals surface area contributed by atoms with Crippen LogP contribution in [-0.4, -0.2) is 28.6 Å². The van der Waals surface area contributed by atoms with Gasteiger partial charge in [0.05, 0.1) is 6.42 Å². The Balaban J connectivity index is 3.04. The molecule has 3 nitrogen and oxygen atoms in total. The summed E-state index contributed by atoms with van der Waals surface area (Å²) in [5.74, 6) is -0.782. The molecule has 124 valence electrons. The van der Waals surface area contributed by atoms with Gasteiger partial charge in [0.25, 0.3) is 0 Å². The summed E-state index contributed by atoms with van der Waals surface area (Å²) in [4.78, 5) is 13.4. The topological polar surface area (TPSA) is 40.5 Å². The molecule has 0 aliphatic heterocycles. The van der Waals surface area contributed by atoms with Crippen molar-refractivity contribution in [3.05, 3.63) is 72.4 Å². The van der Waals surface area contributed by atoms with Gasteiger partial charge in [0.15, 0.2) is 0 Å². The minimum atomic E-state index is -0.782. The van der Waals surface area contributed by atoms with Crippen LogP contribution in [0.2, 0.25) is 0 Å². The summed E-state index contributed by atoms with van der Waals surface area (Å²) in [6.45, 7) is 6.72. The highest BCUT2D eigenvalue weighted by atomic mass is 16.4. The van der Waals surface area contributed by atoms with E-state index in [1.165, 1.54) is 5.56 Å². The predicted octanol–water partition coefficient (Wildman–Crippen LogP) is 4.60. The maximum Gasteiger partial charge on any atom is 0.305 e. The van der Waals surface area contributed by atoms with E-state index in [4.69, 9.17) is 0 Å². The summed E-state index contributed by atoms with van der Waals surface area (Å²) in [6.07, 6.45) is 12.0. The average molecular weight is 313 g/mol. The van der Waals surface area contributed by atoms with Gasteiger partial charge in [-0.2, -0.15) is 0 Å². The average Bonchev–Trinajstić information content (AvgIpc) is 2.54. The molecule has 0 aliphatic rings. The first-order chi connectivity index (χ1) is 11.1. The number of carboxylic acid groups (broad SMARTS) is 1. The van der Waals surface area contributed by atoms with Crippen LogP contribution in [0.3, 0.4) is 0 Å². The molecule has 2 unspecified atom stereocenters. The van der Waals surface area contributed by atoms with Crippen molar-refractivity contribution in [2.24, 2.45) is 0 Å². The fraction of sp³-hybridized carbons (Fsp3) is 0.350. The first-order valence-electron chi connectivity index (χ1n) is 8.03. The van der Waals surface area contributed by atoms with Gasteiger partial charge in [-0.1, -0.05) is 66.8 Å². The largest absolute Gasteiger partial charge is 0.481 e. The minimum Gasteiger partial charge on any atom is -0.481 e. The third-order valence-electron chi connectivity index (χ3n) is 3.76. The van der Waals surface area contributed by atoms with E-state index in [0.29, 0.717) is 6.54 Å². The van der Waals surface area contributed by atoms with E-state index in [1.54, 1.807) is 0 Å². The van der Waals surface area contributed by atoms with E-state index < -0.39 is 5.97 Å². The summed E-state index contributed by atoms with van der Waals surface area (Å²) >= 11 is 0. The zero-order valence-electron chi connectivity index (χ0n) is 14.2. The SMILES string of the molecule is C/C=C/C=C/CN(C(/C=C/C)CC(=O)O)C(C)c1ccccc1. The number of allylic oxidation sites excluding steroid dienone is 4. The summed E-state index contributed by atoms with van der Waals surface area (Å²) in [5.41, 5.74) is 1.19. The van der Waals surface area contributed by atoms with Crippen LogP contribution in [0.4, 0.5) is 0 Å². The molecule has 0 aliphatic carbocycles. The lowest BCUT2D eigenvalue weighted by molar-refractivity contribution is -0.138. The maximum atomic E-state index is 11.2. The second-order valence-electron chi connectivity index (χ2n) is 5.43. The fourth-order valence-corrected chi connectivity index (χ4v) is 2.57. The first-order valence-corrected chi connectivity index (χ1v) is 8.03. The molecule has 23 heavy (non-hydrogen) atoms. The minimum absolute atomic E-state index is 0.0962. The predicted molar refractivity (Wildman–Crippen MR) is 96.4 cm³/mol. The number of hydrogen-bond donors (Lipinski definition) is 1. The van der Waals surface area contributed by atoms with Crippen molar-refractivity contribution >= 4 is 5.97 Å². The Morgan fingerprint density at radius 3 is 2.43 bits per heavy atom. The summed E-state index contributed by atoms with van der Waals surface area (Å²) in [5, 5.41) is 9.23. The van der Waals surface area contributed by atoms with Gasteiger partial charge in [-0.3, -0.25) is 9.69 Å². The Morgan fingerprint density at radius 2 is 1.87 bits per heavy atom. The molecule has 1 N–H and O–H groups in total. The molecular formula is C20H27NO2. The normalized spacial score (nSPS) is 15.0. The van der Waals surface area contributed by atoms with Crippen molar-refractivity contribution in [2.45, 2.75) is 39.3 Å². The maximum absolute atomic E-state index is 11.2. The fourth-order valence-electron chi connectivity index (χ4n) is 2.57. The van der Waals surface area contributed by atoms with E-state index in [9.17, 15) is 9.90 Å². The van der Waals surface area contributed by atoms with Crippen molar-refractivity contribution in [2.75, 3.05) is 6.54 Å². The Labute approximate surface area is 139 Å². The molecule has 0 saturated carbocycles. The third-order valence-corrected chi connectivity index (χ3v) is 3.76. The van der Waals surface area contributed by atoms with Gasteiger partial charge in [-0.05, 0) is 26.3 Å². The molecule has 0 spiro atoms. The molecule has 0 saturated heterocycles. The summed E-state index contributed by atoms with van der Waals surface area (Å²) in [7, 11) is 0. The molecule has 0 fully saturated rings. The third kappa shape index (κ3) is 6.66. The quantitative estimate of drug-likeness (QED) is 0.535. The molecule has 1 rings (SSSR count). The highest BCUT2D eigenvalue weighted by Gasteiger charge is 2.23. The number of rotatable bonds is 9. The van der Waals surface area contributed by atoms with Crippen molar-refractivity contribution in [1.29, 1.82) is 0 Å². The van der Waals surface area contributed by atoms with Crippen molar-refractivity contribution in [3.63, 3.8) is 0 Å². The van der Waals surface area contributed by atoms with E-state index in [2.05, 4.69) is 30.0 Å². The molecule has 0 aromatic heterocycles. The van der Waals surface area contributed by atoms with E-state index in [-0.39, 0.29) is 18.5 Å². The Morgan fingerprint density at radius 1 is 1.17 bits per heavy atom. The second kappa shape index (κ2) is 10.6. The highest BCUT2D eigenvalue weighted by molar-refractivity contribution is 5.68. The highest BCUT2D eigenvalue weighted by Crippen LogP contribution is 2.24. The van der Waals surface area contributed by atoms with Gasteiger partial charge in [-0.15, -0.1) is 0 Å². The van der Waals surface area contributed by atoms with Crippen LogP contribution in [0.5, 0.6) is 0 Å². The van der Waals surface area contributed by atoms with Gasteiger partial charge < -0.3 is 5.11 Å². The molecule has 0 bridgehead atoms. The molecule has 2 atom stereocenters. The number of carbonyl (C=O) groups is 1. The van der Waals surface area contributed by atoms with Crippen LogP contribution in [-0.2, 0) is 4.79 Å². The van der Waals surface area contributed by atoms with Crippen LogP contribution in [0.1, 0.15) is 38.8 Å². The van der Waals surface area contributed by atoms with Gasteiger partial charge in [-0.25, -0.2) is 0 Å². The van der Waals surface area contributed by atoms with E-state index in [1.807, 2.05) is 62.4 Å². The lowest BCUT2D eigenvalue weighted by Crippen LogP contribution is -2.37. The second-order valence-corrected chi connectivity index (χ2v) is 5.43. The summed E-state index contributed by atoms with van der Waals surface area (Å²) in [6, 6.07) is 10.2. The molecule has 0 amide bonds. The number of nitrogens with zero attached hydrogens (tertiary/aromatic N) is 1. The smallest absolute Gasteiger partial charge is 0.305 e. The van der Waals surface area contributed by atoms with Gasteiger partial charge >= 0.3 is 5.97 Å². The Kier molecular flexibility index (Phi) is 8.70. The molecule has 0 heterocycles. The molecule has 0 radical (unpaired) electrons. The Bertz CT molecular complexity index is 546. The number of hydrogen-bond acceptors (Lipinski definition) is 2. The number of aliphatic carboxylic acids is 1. The van der Waals surface area contributed by atoms with Crippen molar-refractivity contribution < 1.29 is 9.90 Å². The van der Waals surface area contributed by atoms with Crippen molar-refractivity contribution in [3.8, 4) is 0 Å². The molecular weight excluding hydrogens is 286 g/mol. The van der Waals surface area contributed by atoms with Gasteiger partial charge in [0.1, 0.15) is 0 Å². The van der Waals surface area contributed by atoms with Crippen LogP contribution < -0.4 is 0 Å². The Hall–Kier alpha value is -2.13. The molecule has 1 aromatic carbocycles. The zero-order valence-corrected chi connectivity index (χ0v) is 14.2. The molecule has 1 aromatic rings. The number of benzene rings is 1. The lowest BCUT2D eigenvalue weighted by atomic mass is 10.0. The first kappa shape index (κ1) is 18.9. The standard InChI is InChI=1S/C20H27NO2/c1-4-6-7-11-15-21(19(12-5-2)16-20(22)23)17(3)18-13-9-8-10-14-18/h4-14,17,19H,15-16H2,1-3H3,(H,22,23)/b6-4+,11-7+,12-5+. The van der Waals surface area contributed by atoms with Crippen LogP contribution in [0, 0.1) is 0 Å². The lowest BCUT2D eigenvalue weighted by Gasteiger charge is -2.34. The van der Waals surface area contributed by atoms with Gasteiger partial charge in [0, 0.05) is 18.6 Å². The monoisotopic (exact) mass is 313 g/mol. The van der Waals surface area contributed by atoms with Crippen LogP contribution in [0.25, 0.3) is 0 Å². The number of carboxylic acids is 1.